The van der Waals surface area contributed by atoms with Crippen LogP contribution in [0.4, 0.5) is 11.4 Å². The van der Waals surface area contributed by atoms with E-state index in [0.717, 1.165) is 30.9 Å². The van der Waals surface area contributed by atoms with E-state index in [1.165, 1.54) is 16.8 Å². The lowest BCUT2D eigenvalue weighted by molar-refractivity contribution is 0.866. The Kier molecular flexibility index (Phi) is 4.38. The number of hydrogen-bond donors (Lipinski definition) is 0. The van der Waals surface area contributed by atoms with Gasteiger partial charge in [-0.3, -0.25) is 4.99 Å². The summed E-state index contributed by atoms with van der Waals surface area (Å²) in [6, 6.07) is 17.0. The Morgan fingerprint density at radius 2 is 1.68 bits per heavy atom. The van der Waals surface area contributed by atoms with E-state index >= 15 is 0 Å². The Bertz CT molecular complexity index is 692. The highest BCUT2D eigenvalue weighted by atomic mass is 15.1. The molecule has 2 heteroatoms. The summed E-state index contributed by atoms with van der Waals surface area (Å²) in [6.07, 6.45) is 5.26. The van der Waals surface area contributed by atoms with E-state index in [0.29, 0.717) is 0 Å². The maximum Gasteiger partial charge on any atom is 0.0634 e. The fourth-order valence-corrected chi connectivity index (χ4v) is 2.90. The molecule has 0 radical (unpaired) electrons. The molecular formula is C20H22N2. The highest BCUT2D eigenvalue weighted by molar-refractivity contribution is 6.07. The van der Waals surface area contributed by atoms with Gasteiger partial charge in [0.2, 0.25) is 0 Å². The second kappa shape index (κ2) is 6.61. The van der Waals surface area contributed by atoms with Crippen molar-refractivity contribution < 1.29 is 0 Å². The second-order valence-corrected chi connectivity index (χ2v) is 5.44. The lowest BCUT2D eigenvalue weighted by Crippen LogP contribution is -2.21. The molecule has 0 fully saturated rings. The third kappa shape index (κ3) is 2.96. The molecule has 0 spiro atoms. The Morgan fingerprint density at radius 1 is 0.955 bits per heavy atom. The van der Waals surface area contributed by atoms with Crippen LogP contribution in [-0.2, 0) is 0 Å². The number of allylic oxidation sites excluding steroid dienone is 1. The van der Waals surface area contributed by atoms with Crippen LogP contribution < -0.4 is 4.90 Å². The molecule has 22 heavy (non-hydrogen) atoms. The van der Waals surface area contributed by atoms with E-state index in [9.17, 15) is 0 Å². The van der Waals surface area contributed by atoms with Crippen LogP contribution in [-0.4, -0.2) is 18.8 Å². The minimum Gasteiger partial charge on any atom is -0.372 e. The van der Waals surface area contributed by atoms with Crippen molar-refractivity contribution in [3.8, 4) is 0 Å². The van der Waals surface area contributed by atoms with E-state index in [-0.39, 0.29) is 0 Å². The van der Waals surface area contributed by atoms with Crippen LogP contribution in [0.25, 0.3) is 6.08 Å². The first-order valence-electron chi connectivity index (χ1n) is 8.00. The normalized spacial score (nSPS) is 14.9. The predicted molar refractivity (Wildman–Crippen MR) is 96.3 cm³/mol. The monoisotopic (exact) mass is 290 g/mol. The predicted octanol–water partition coefficient (Wildman–Crippen LogP) is 5.07. The molecule has 0 aliphatic heterocycles. The number of fused-ring (bicyclic) bond motifs is 1. The van der Waals surface area contributed by atoms with Gasteiger partial charge in [0.15, 0.2) is 0 Å². The molecule has 0 N–H and O–H groups in total. The average molecular weight is 290 g/mol. The van der Waals surface area contributed by atoms with Crippen molar-refractivity contribution >= 4 is 23.2 Å². The number of hydrogen-bond acceptors (Lipinski definition) is 2. The first kappa shape index (κ1) is 14.6. The number of benzene rings is 2. The molecule has 2 aromatic carbocycles. The molecule has 0 bridgehead atoms. The summed E-state index contributed by atoms with van der Waals surface area (Å²) in [6.45, 7) is 6.43. The third-order valence-corrected chi connectivity index (χ3v) is 4.12. The van der Waals surface area contributed by atoms with Gasteiger partial charge in [-0.2, -0.15) is 0 Å². The van der Waals surface area contributed by atoms with Gasteiger partial charge in [-0.25, -0.2) is 0 Å². The first-order valence-corrected chi connectivity index (χ1v) is 8.00. The zero-order chi connectivity index (χ0) is 15.4. The van der Waals surface area contributed by atoms with Crippen molar-refractivity contribution in [1.29, 1.82) is 0 Å². The van der Waals surface area contributed by atoms with Gasteiger partial charge in [0, 0.05) is 30.8 Å². The van der Waals surface area contributed by atoms with E-state index in [1.807, 2.05) is 0 Å². The zero-order valence-corrected chi connectivity index (χ0v) is 13.3. The number of nitrogens with zero attached hydrogens (tertiary/aromatic N) is 2. The summed E-state index contributed by atoms with van der Waals surface area (Å²) in [5.41, 5.74) is 5.94. The van der Waals surface area contributed by atoms with E-state index in [1.54, 1.807) is 0 Å². The van der Waals surface area contributed by atoms with Crippen LogP contribution in [0.3, 0.4) is 0 Å². The molecule has 0 aromatic heterocycles. The quantitative estimate of drug-likeness (QED) is 0.767. The lowest BCUT2D eigenvalue weighted by atomic mass is 9.95. The van der Waals surface area contributed by atoms with Gasteiger partial charge in [0.1, 0.15) is 0 Å². The molecule has 0 unspecified atom stereocenters. The van der Waals surface area contributed by atoms with Gasteiger partial charge in [-0.15, -0.1) is 0 Å². The molecule has 1 aliphatic carbocycles. The van der Waals surface area contributed by atoms with E-state index in [2.05, 4.69) is 79.4 Å². The number of rotatable bonds is 4. The Labute approximate surface area is 132 Å². The topological polar surface area (TPSA) is 15.6 Å². The summed E-state index contributed by atoms with van der Waals surface area (Å²) in [4.78, 5) is 7.20. The summed E-state index contributed by atoms with van der Waals surface area (Å²) < 4.78 is 0. The number of aliphatic imine (C=N–C) groups is 1. The minimum atomic E-state index is 0.898. The van der Waals surface area contributed by atoms with Crippen LogP contribution in [0.1, 0.15) is 31.4 Å². The molecular weight excluding hydrogens is 268 g/mol. The van der Waals surface area contributed by atoms with Crippen molar-refractivity contribution in [3.05, 3.63) is 65.7 Å². The van der Waals surface area contributed by atoms with Gasteiger partial charge in [0.25, 0.3) is 0 Å². The zero-order valence-electron chi connectivity index (χ0n) is 13.3. The molecule has 2 aromatic rings. The van der Waals surface area contributed by atoms with Crippen molar-refractivity contribution in [2.45, 2.75) is 20.3 Å². The van der Waals surface area contributed by atoms with E-state index in [4.69, 9.17) is 4.99 Å². The molecule has 0 atom stereocenters. The summed E-state index contributed by atoms with van der Waals surface area (Å²) in [5, 5.41) is 0. The second-order valence-electron chi connectivity index (χ2n) is 5.44. The van der Waals surface area contributed by atoms with Crippen LogP contribution >= 0.6 is 0 Å². The average Bonchev–Trinajstić information content (AvgIpc) is 2.58. The third-order valence-electron chi connectivity index (χ3n) is 4.12. The highest BCUT2D eigenvalue weighted by Gasteiger charge is 2.10. The van der Waals surface area contributed by atoms with Crippen molar-refractivity contribution in [2.75, 3.05) is 18.0 Å². The maximum atomic E-state index is 4.86. The molecule has 0 saturated heterocycles. The smallest absolute Gasteiger partial charge is 0.0634 e. The Morgan fingerprint density at radius 3 is 2.41 bits per heavy atom. The van der Waals surface area contributed by atoms with Crippen LogP contribution in [0.5, 0.6) is 0 Å². The van der Waals surface area contributed by atoms with Gasteiger partial charge in [0.05, 0.1) is 11.4 Å². The standard InChI is InChI=1S/C20H22N2/c1-3-22(4-2)18-14-12-17(13-15-18)21-20-11-7-9-16-8-5-6-10-19(16)20/h5-10,12-15H,3-4,11H2,1-2H3. The van der Waals surface area contributed by atoms with Crippen LogP contribution in [0, 0.1) is 0 Å². The van der Waals surface area contributed by atoms with E-state index < -0.39 is 0 Å². The van der Waals surface area contributed by atoms with Crippen LogP contribution in [0.2, 0.25) is 0 Å². The van der Waals surface area contributed by atoms with Crippen molar-refractivity contribution in [2.24, 2.45) is 4.99 Å². The largest absolute Gasteiger partial charge is 0.372 e. The highest BCUT2D eigenvalue weighted by Crippen LogP contribution is 2.24. The minimum absolute atomic E-state index is 0.898. The summed E-state index contributed by atoms with van der Waals surface area (Å²) in [7, 11) is 0. The molecule has 112 valence electrons. The molecule has 0 heterocycles. The van der Waals surface area contributed by atoms with Crippen molar-refractivity contribution in [1.82, 2.24) is 0 Å². The molecule has 0 saturated carbocycles. The first-order chi connectivity index (χ1) is 10.8. The van der Waals surface area contributed by atoms with Gasteiger partial charge in [-0.05, 0) is 43.7 Å². The summed E-state index contributed by atoms with van der Waals surface area (Å²) >= 11 is 0. The molecule has 0 amide bonds. The lowest BCUT2D eigenvalue weighted by Gasteiger charge is -2.21. The van der Waals surface area contributed by atoms with Gasteiger partial charge in [-0.1, -0.05) is 36.4 Å². The van der Waals surface area contributed by atoms with Crippen LogP contribution in [0.15, 0.2) is 59.6 Å². The summed E-state index contributed by atoms with van der Waals surface area (Å²) in [5.74, 6) is 0. The SMILES string of the molecule is CCN(CC)c1ccc(N=C2CC=Cc3ccccc32)cc1. The van der Waals surface area contributed by atoms with Gasteiger partial charge >= 0.3 is 0 Å². The fraction of sp³-hybridized carbons (Fsp3) is 0.250. The Balaban J connectivity index is 1.88. The van der Waals surface area contributed by atoms with Gasteiger partial charge < -0.3 is 4.90 Å². The maximum absolute atomic E-state index is 4.86. The Hall–Kier alpha value is -2.35. The molecule has 3 rings (SSSR count). The number of anilines is 1. The fourth-order valence-electron chi connectivity index (χ4n) is 2.90. The molecule has 1 aliphatic rings. The van der Waals surface area contributed by atoms with Crippen molar-refractivity contribution in [3.63, 3.8) is 0 Å². The molecule has 2 nitrogen and oxygen atoms in total.